The summed E-state index contributed by atoms with van der Waals surface area (Å²) in [6.45, 7) is 2.14. The van der Waals surface area contributed by atoms with Gasteiger partial charge in [0.05, 0.1) is 23.1 Å². The fourth-order valence-electron chi connectivity index (χ4n) is 3.20. The summed E-state index contributed by atoms with van der Waals surface area (Å²) >= 11 is 0. The lowest BCUT2D eigenvalue weighted by atomic mass is 10.1. The lowest BCUT2D eigenvalue weighted by Gasteiger charge is -2.10. The molecule has 0 unspecified atom stereocenters. The highest BCUT2D eigenvalue weighted by atomic mass is 19.2. The van der Waals surface area contributed by atoms with Gasteiger partial charge >= 0.3 is 0 Å². The smallest absolute Gasteiger partial charge is 0.160 e. The maximum absolute atomic E-state index is 13.7. The van der Waals surface area contributed by atoms with E-state index in [0.29, 0.717) is 6.04 Å². The first kappa shape index (κ1) is 15.2. The van der Waals surface area contributed by atoms with Crippen molar-refractivity contribution < 1.29 is 8.78 Å². The third kappa shape index (κ3) is 2.68. The summed E-state index contributed by atoms with van der Waals surface area (Å²) < 4.78 is 29.4. The molecule has 0 radical (unpaired) electrons. The van der Waals surface area contributed by atoms with Crippen molar-refractivity contribution in [1.82, 2.24) is 14.8 Å². The van der Waals surface area contributed by atoms with E-state index >= 15 is 0 Å². The predicted molar refractivity (Wildman–Crippen MR) is 89.8 cm³/mol. The lowest BCUT2D eigenvalue weighted by molar-refractivity contribution is 0.510. The Morgan fingerprint density at radius 2 is 1.92 bits per heavy atom. The van der Waals surface area contributed by atoms with Crippen LogP contribution in [0.25, 0.3) is 22.2 Å². The Kier molecular flexibility index (Phi) is 3.79. The highest BCUT2D eigenvalue weighted by molar-refractivity contribution is 5.87. The molecule has 24 heavy (non-hydrogen) atoms. The summed E-state index contributed by atoms with van der Waals surface area (Å²) in [5.41, 5.74) is 3.63. The third-order valence-corrected chi connectivity index (χ3v) is 4.58. The molecule has 1 aliphatic rings. The van der Waals surface area contributed by atoms with Crippen molar-refractivity contribution in [3.8, 4) is 11.3 Å². The zero-order valence-electron chi connectivity index (χ0n) is 13.6. The van der Waals surface area contributed by atoms with Gasteiger partial charge in [0, 0.05) is 23.1 Å². The van der Waals surface area contributed by atoms with Gasteiger partial charge in [-0.2, -0.15) is 10.2 Å². The second kappa shape index (κ2) is 5.96. The van der Waals surface area contributed by atoms with E-state index in [1.165, 1.54) is 12.1 Å². The molecule has 0 spiro atoms. The molecule has 3 nitrogen and oxygen atoms in total. The van der Waals surface area contributed by atoms with E-state index in [1.807, 2.05) is 12.1 Å². The van der Waals surface area contributed by atoms with E-state index in [0.717, 1.165) is 60.0 Å². The normalized spacial score (nSPS) is 14.5. The molecule has 0 aliphatic heterocycles. The maximum atomic E-state index is 13.7. The SMILES string of the molecule is CCCCc1cc(-c2cc3cc(F)c(F)cc3n2C2CC2)cnn1. The van der Waals surface area contributed by atoms with Crippen LogP contribution in [0.5, 0.6) is 0 Å². The van der Waals surface area contributed by atoms with Gasteiger partial charge in [-0.25, -0.2) is 8.78 Å². The highest BCUT2D eigenvalue weighted by Crippen LogP contribution is 2.42. The molecular formula is C19H19F2N3. The molecule has 3 aromatic rings. The van der Waals surface area contributed by atoms with Crippen molar-refractivity contribution in [3.63, 3.8) is 0 Å². The van der Waals surface area contributed by atoms with E-state index < -0.39 is 11.6 Å². The number of hydrogen-bond donors (Lipinski definition) is 0. The Bertz CT molecular complexity index is 897. The van der Waals surface area contributed by atoms with Crippen LogP contribution in [0.2, 0.25) is 0 Å². The molecule has 5 heteroatoms. The van der Waals surface area contributed by atoms with Crippen LogP contribution in [0, 0.1) is 11.6 Å². The van der Waals surface area contributed by atoms with Crippen LogP contribution in [0.4, 0.5) is 8.78 Å². The number of hydrogen-bond acceptors (Lipinski definition) is 2. The minimum absolute atomic E-state index is 0.356. The van der Waals surface area contributed by atoms with Crippen LogP contribution in [-0.2, 0) is 6.42 Å². The van der Waals surface area contributed by atoms with Crippen LogP contribution in [0.3, 0.4) is 0 Å². The van der Waals surface area contributed by atoms with Gasteiger partial charge in [-0.05, 0) is 43.9 Å². The second-order valence-corrected chi connectivity index (χ2v) is 6.50. The van der Waals surface area contributed by atoms with E-state index in [1.54, 1.807) is 6.20 Å². The van der Waals surface area contributed by atoms with E-state index in [4.69, 9.17) is 0 Å². The molecule has 0 bridgehead atoms. The third-order valence-electron chi connectivity index (χ3n) is 4.58. The molecule has 1 saturated carbocycles. The van der Waals surface area contributed by atoms with Gasteiger partial charge in [0.2, 0.25) is 0 Å². The number of halogens is 2. The number of aryl methyl sites for hydroxylation is 1. The Balaban J connectivity index is 1.85. The fraction of sp³-hybridized carbons (Fsp3) is 0.368. The number of benzene rings is 1. The van der Waals surface area contributed by atoms with Crippen molar-refractivity contribution in [2.24, 2.45) is 0 Å². The van der Waals surface area contributed by atoms with Gasteiger partial charge in [-0.15, -0.1) is 0 Å². The highest BCUT2D eigenvalue weighted by Gasteiger charge is 2.28. The summed E-state index contributed by atoms with van der Waals surface area (Å²) in [6, 6.07) is 6.91. The number of aromatic nitrogens is 3. The summed E-state index contributed by atoms with van der Waals surface area (Å²) in [5, 5.41) is 9.05. The Morgan fingerprint density at radius 3 is 2.67 bits per heavy atom. The van der Waals surface area contributed by atoms with Crippen molar-refractivity contribution >= 4 is 10.9 Å². The molecular weight excluding hydrogens is 308 g/mol. The summed E-state index contributed by atoms with van der Waals surface area (Å²) in [4.78, 5) is 0. The van der Waals surface area contributed by atoms with Crippen LogP contribution >= 0.6 is 0 Å². The van der Waals surface area contributed by atoms with Crippen LogP contribution in [-0.4, -0.2) is 14.8 Å². The van der Waals surface area contributed by atoms with Gasteiger partial charge < -0.3 is 4.57 Å². The molecule has 1 aliphatic carbocycles. The second-order valence-electron chi connectivity index (χ2n) is 6.50. The van der Waals surface area contributed by atoms with Gasteiger partial charge in [0.1, 0.15) is 0 Å². The quantitative estimate of drug-likeness (QED) is 0.656. The van der Waals surface area contributed by atoms with Gasteiger partial charge in [-0.1, -0.05) is 13.3 Å². The average Bonchev–Trinajstić information content (AvgIpc) is 3.36. The van der Waals surface area contributed by atoms with Crippen molar-refractivity contribution in [2.75, 3.05) is 0 Å². The molecule has 0 saturated heterocycles. The topological polar surface area (TPSA) is 30.7 Å². The molecule has 2 heterocycles. The van der Waals surface area contributed by atoms with E-state index in [9.17, 15) is 8.78 Å². The van der Waals surface area contributed by atoms with E-state index in [-0.39, 0.29) is 0 Å². The van der Waals surface area contributed by atoms with E-state index in [2.05, 4.69) is 21.7 Å². The molecule has 0 atom stereocenters. The van der Waals surface area contributed by atoms with Crippen LogP contribution in [0.15, 0.2) is 30.5 Å². The average molecular weight is 327 g/mol. The Morgan fingerprint density at radius 1 is 1.12 bits per heavy atom. The van der Waals surface area contributed by atoms with Crippen molar-refractivity contribution in [1.29, 1.82) is 0 Å². The molecule has 0 amide bonds. The van der Waals surface area contributed by atoms with Crippen molar-refractivity contribution in [3.05, 3.63) is 47.8 Å². The minimum atomic E-state index is -0.807. The number of rotatable bonds is 5. The molecule has 124 valence electrons. The summed E-state index contributed by atoms with van der Waals surface area (Å²) in [7, 11) is 0. The monoisotopic (exact) mass is 327 g/mol. The number of nitrogens with zero attached hydrogens (tertiary/aromatic N) is 3. The lowest BCUT2D eigenvalue weighted by Crippen LogP contribution is -1.99. The number of unbranched alkanes of at least 4 members (excludes halogenated alkanes) is 1. The summed E-state index contributed by atoms with van der Waals surface area (Å²) in [6.07, 6.45) is 6.93. The van der Waals surface area contributed by atoms with Gasteiger partial charge in [0.15, 0.2) is 11.6 Å². The Hall–Kier alpha value is -2.30. The first-order chi connectivity index (χ1) is 11.7. The zero-order chi connectivity index (χ0) is 16.7. The summed E-state index contributed by atoms with van der Waals surface area (Å²) in [5.74, 6) is -1.61. The maximum Gasteiger partial charge on any atom is 0.160 e. The minimum Gasteiger partial charge on any atom is -0.337 e. The van der Waals surface area contributed by atoms with Crippen LogP contribution < -0.4 is 0 Å². The molecule has 1 fully saturated rings. The van der Waals surface area contributed by atoms with Gasteiger partial charge in [-0.3, -0.25) is 0 Å². The molecule has 0 N–H and O–H groups in total. The predicted octanol–water partition coefficient (Wildman–Crippen LogP) is 5.05. The van der Waals surface area contributed by atoms with Crippen LogP contribution in [0.1, 0.15) is 44.3 Å². The molecule has 2 aromatic heterocycles. The molecule has 4 rings (SSSR count). The van der Waals surface area contributed by atoms with Crippen molar-refractivity contribution in [2.45, 2.75) is 45.1 Å². The fourth-order valence-corrected chi connectivity index (χ4v) is 3.20. The Labute approximate surface area is 139 Å². The first-order valence-corrected chi connectivity index (χ1v) is 8.49. The number of fused-ring (bicyclic) bond motifs is 1. The first-order valence-electron chi connectivity index (χ1n) is 8.49. The standard InChI is InChI=1S/C19H19F2N3/c1-2-3-4-14-7-13(11-22-23-14)18-9-12-8-16(20)17(21)10-19(12)24(18)15-5-6-15/h7-11,15H,2-6H2,1H3. The zero-order valence-corrected chi connectivity index (χ0v) is 13.6. The largest absolute Gasteiger partial charge is 0.337 e. The van der Waals surface area contributed by atoms with Gasteiger partial charge in [0.25, 0.3) is 0 Å². The molecule has 1 aromatic carbocycles.